The van der Waals surface area contributed by atoms with Crippen LogP contribution in [0.2, 0.25) is 0 Å². The Hall–Kier alpha value is -1.32. The van der Waals surface area contributed by atoms with E-state index < -0.39 is 11.2 Å². The highest BCUT2D eigenvalue weighted by Crippen LogP contribution is 2.63. The summed E-state index contributed by atoms with van der Waals surface area (Å²) in [6.07, 6.45) is 13.5. The molecule has 158 valence electrons. The first-order chi connectivity index (χ1) is 14.5. The SMILES string of the molecule is CC12CCCC1C1CCC3=CC(=O)CCC3=C1C(c1ccc([S+]([O-])C3CC3)cc1)C2. The fourth-order valence-electron chi connectivity index (χ4n) is 7.27. The molecule has 1 aromatic carbocycles. The van der Waals surface area contributed by atoms with Gasteiger partial charge in [-0.2, -0.15) is 0 Å². The molecule has 3 fully saturated rings. The van der Waals surface area contributed by atoms with Gasteiger partial charge in [-0.05, 0) is 102 Å². The van der Waals surface area contributed by atoms with Crippen LogP contribution < -0.4 is 0 Å². The quantitative estimate of drug-likeness (QED) is 0.543. The molecule has 0 heterocycles. The molecule has 2 nitrogen and oxygen atoms in total. The first kappa shape index (κ1) is 19.4. The number of benzene rings is 1. The van der Waals surface area contributed by atoms with Crippen LogP contribution >= 0.6 is 0 Å². The zero-order valence-corrected chi connectivity index (χ0v) is 18.8. The summed E-state index contributed by atoms with van der Waals surface area (Å²) in [6, 6.07) is 8.82. The molecule has 0 bridgehead atoms. The normalized spacial score (nSPS) is 36.7. The van der Waals surface area contributed by atoms with E-state index in [1.54, 1.807) is 5.57 Å². The van der Waals surface area contributed by atoms with Crippen LogP contribution in [0.5, 0.6) is 0 Å². The van der Waals surface area contributed by atoms with Crippen molar-refractivity contribution in [3.63, 3.8) is 0 Å². The highest BCUT2D eigenvalue weighted by molar-refractivity contribution is 7.92. The van der Waals surface area contributed by atoms with Crippen LogP contribution in [-0.4, -0.2) is 15.6 Å². The Morgan fingerprint density at radius 3 is 2.60 bits per heavy atom. The Labute approximate surface area is 183 Å². The van der Waals surface area contributed by atoms with Gasteiger partial charge in [0.05, 0.1) is 0 Å². The number of rotatable bonds is 3. The first-order valence-electron chi connectivity index (χ1n) is 12.0. The number of hydrogen-bond donors (Lipinski definition) is 0. The zero-order valence-electron chi connectivity index (χ0n) is 18.0. The average Bonchev–Trinajstić information content (AvgIpc) is 3.53. The number of carbonyl (C=O) groups excluding carboxylic acids is 1. The van der Waals surface area contributed by atoms with Crippen molar-refractivity contribution >= 4 is 17.0 Å². The molecule has 5 atom stereocenters. The minimum absolute atomic E-state index is 0.317. The van der Waals surface area contributed by atoms with Crippen molar-refractivity contribution in [1.29, 1.82) is 0 Å². The van der Waals surface area contributed by atoms with E-state index in [9.17, 15) is 9.35 Å². The molecule has 0 aromatic heterocycles. The summed E-state index contributed by atoms with van der Waals surface area (Å²) >= 11 is -0.827. The molecule has 0 spiro atoms. The largest absolute Gasteiger partial charge is 0.611 e. The highest BCUT2D eigenvalue weighted by Gasteiger charge is 2.52. The van der Waals surface area contributed by atoms with Gasteiger partial charge in [0.2, 0.25) is 0 Å². The molecule has 5 aliphatic rings. The van der Waals surface area contributed by atoms with Gasteiger partial charge in [-0.3, -0.25) is 4.79 Å². The lowest BCUT2D eigenvalue weighted by Gasteiger charge is -2.51. The third kappa shape index (κ3) is 3.07. The Bertz CT molecular complexity index is 938. The topological polar surface area (TPSA) is 40.1 Å². The summed E-state index contributed by atoms with van der Waals surface area (Å²) in [6.45, 7) is 2.55. The van der Waals surface area contributed by atoms with Gasteiger partial charge in [0.1, 0.15) is 5.25 Å². The van der Waals surface area contributed by atoms with E-state index >= 15 is 0 Å². The van der Waals surface area contributed by atoms with Crippen LogP contribution in [0.25, 0.3) is 0 Å². The molecule has 1 aromatic rings. The van der Waals surface area contributed by atoms with Crippen molar-refractivity contribution in [3.8, 4) is 0 Å². The smallest absolute Gasteiger partial charge is 0.156 e. The summed E-state index contributed by atoms with van der Waals surface area (Å²) < 4.78 is 12.6. The molecule has 3 heteroatoms. The van der Waals surface area contributed by atoms with E-state index in [2.05, 4.69) is 31.2 Å². The molecule has 5 aliphatic carbocycles. The minimum atomic E-state index is -0.827. The maximum atomic E-state index is 12.6. The third-order valence-corrected chi connectivity index (χ3v) is 10.7. The van der Waals surface area contributed by atoms with Crippen molar-refractivity contribution in [2.75, 3.05) is 0 Å². The molecule has 0 radical (unpaired) electrons. The van der Waals surface area contributed by atoms with Gasteiger partial charge in [-0.25, -0.2) is 0 Å². The van der Waals surface area contributed by atoms with E-state index in [-0.39, 0.29) is 0 Å². The molecule has 3 saturated carbocycles. The van der Waals surface area contributed by atoms with Gasteiger partial charge in [0.25, 0.3) is 0 Å². The molecule has 0 amide bonds. The summed E-state index contributed by atoms with van der Waals surface area (Å²) in [5, 5.41) is 0.392. The predicted molar refractivity (Wildman–Crippen MR) is 121 cm³/mol. The van der Waals surface area contributed by atoms with Crippen molar-refractivity contribution in [3.05, 3.63) is 52.6 Å². The summed E-state index contributed by atoms with van der Waals surface area (Å²) in [5.74, 6) is 2.29. The number of fused-ring (bicyclic) bond motifs is 4. The van der Waals surface area contributed by atoms with Crippen LogP contribution in [0.4, 0.5) is 0 Å². The molecule has 5 unspecified atom stereocenters. The predicted octanol–water partition coefficient (Wildman–Crippen LogP) is 6.25. The van der Waals surface area contributed by atoms with Crippen molar-refractivity contribution in [1.82, 2.24) is 0 Å². The fraction of sp³-hybridized carbons (Fsp3) is 0.593. The van der Waals surface area contributed by atoms with Crippen LogP contribution in [0.1, 0.15) is 82.6 Å². The molecule has 0 N–H and O–H groups in total. The molecular weight excluding hydrogens is 388 g/mol. The van der Waals surface area contributed by atoms with Gasteiger partial charge in [-0.15, -0.1) is 0 Å². The van der Waals surface area contributed by atoms with Crippen molar-refractivity contribution in [2.24, 2.45) is 17.3 Å². The second-order valence-electron chi connectivity index (χ2n) is 10.7. The van der Waals surface area contributed by atoms with E-state index in [1.165, 1.54) is 48.8 Å². The number of ketones is 1. The van der Waals surface area contributed by atoms with Gasteiger partial charge in [0, 0.05) is 25.2 Å². The lowest BCUT2D eigenvalue weighted by Crippen LogP contribution is -2.40. The zero-order chi connectivity index (χ0) is 20.5. The molecular formula is C27H32O2S. The van der Waals surface area contributed by atoms with Gasteiger partial charge >= 0.3 is 0 Å². The van der Waals surface area contributed by atoms with Crippen LogP contribution in [0, 0.1) is 17.3 Å². The second kappa shape index (κ2) is 7.10. The lowest BCUT2D eigenvalue weighted by molar-refractivity contribution is -0.114. The molecule has 30 heavy (non-hydrogen) atoms. The van der Waals surface area contributed by atoms with Crippen LogP contribution in [-0.2, 0) is 16.0 Å². The number of carbonyl (C=O) groups is 1. The van der Waals surface area contributed by atoms with E-state index in [4.69, 9.17) is 0 Å². The first-order valence-corrected chi connectivity index (χ1v) is 13.2. The van der Waals surface area contributed by atoms with E-state index in [1.807, 2.05) is 6.08 Å². The average molecular weight is 421 g/mol. The van der Waals surface area contributed by atoms with E-state index in [0.29, 0.717) is 34.7 Å². The minimum Gasteiger partial charge on any atom is -0.611 e. The number of allylic oxidation sites excluding steroid dienone is 4. The summed E-state index contributed by atoms with van der Waals surface area (Å²) in [7, 11) is 0. The fourth-order valence-corrected chi connectivity index (χ4v) is 8.63. The number of hydrogen-bond acceptors (Lipinski definition) is 2. The molecule has 6 rings (SSSR count). The highest BCUT2D eigenvalue weighted by atomic mass is 32.2. The second-order valence-corrected chi connectivity index (χ2v) is 12.4. The van der Waals surface area contributed by atoms with Gasteiger partial charge < -0.3 is 4.55 Å². The Morgan fingerprint density at radius 2 is 1.83 bits per heavy atom. The van der Waals surface area contributed by atoms with Gasteiger partial charge in [0.15, 0.2) is 10.7 Å². The summed E-state index contributed by atoms with van der Waals surface area (Å²) in [4.78, 5) is 13.1. The molecule has 0 aliphatic heterocycles. The maximum Gasteiger partial charge on any atom is 0.156 e. The third-order valence-electron chi connectivity index (χ3n) is 8.85. The monoisotopic (exact) mass is 420 g/mol. The lowest BCUT2D eigenvalue weighted by atomic mass is 9.53. The Kier molecular flexibility index (Phi) is 4.58. The molecule has 0 saturated heterocycles. The van der Waals surface area contributed by atoms with Gasteiger partial charge in [-0.1, -0.05) is 31.1 Å². The van der Waals surface area contributed by atoms with Crippen LogP contribution in [0.15, 0.2) is 52.0 Å². The maximum absolute atomic E-state index is 12.6. The Morgan fingerprint density at radius 1 is 1.03 bits per heavy atom. The van der Waals surface area contributed by atoms with Crippen molar-refractivity contribution < 1.29 is 9.35 Å². The standard InChI is InChI=1S/C27H32O2S/c1-27-14-2-3-25(27)23-12-6-18-15-19(28)7-13-22(18)26(23)24(16-27)17-4-8-20(9-5-17)30(29)21-10-11-21/h4-5,8-9,15,21,23-25H,2-3,6-7,10-14,16H2,1H3. The summed E-state index contributed by atoms with van der Waals surface area (Å²) in [5.41, 5.74) is 6.41. The Balaban J connectivity index is 1.43. The van der Waals surface area contributed by atoms with Crippen molar-refractivity contribution in [2.45, 2.75) is 87.2 Å². The van der Waals surface area contributed by atoms with Crippen LogP contribution in [0.3, 0.4) is 0 Å². The van der Waals surface area contributed by atoms with E-state index in [0.717, 1.165) is 36.5 Å².